The minimum Gasteiger partial charge on any atom is -0.503 e. The molecule has 204 valence electrons. The quantitative estimate of drug-likeness (QED) is 0.288. The fourth-order valence-electron chi connectivity index (χ4n) is 4.38. The van der Waals surface area contributed by atoms with Crippen molar-refractivity contribution in [2.45, 2.75) is 65.3 Å². The SMILES string of the molecule is COc1c(Br)c([C@@H](O[Si](C)(C)C(C)(C)C)[C@@H](C)[C@@H](C)Cc2cc3c(c(O)c2Br)OCO3)cc2c1OCO2. The summed E-state index contributed by atoms with van der Waals surface area (Å²) in [5.74, 6) is 3.15. The van der Waals surface area contributed by atoms with Crippen LogP contribution in [-0.2, 0) is 10.8 Å². The number of halogens is 2. The van der Waals surface area contributed by atoms with E-state index in [0.29, 0.717) is 39.6 Å². The largest absolute Gasteiger partial charge is 0.503 e. The molecule has 2 heterocycles. The Morgan fingerprint density at radius 3 is 2.16 bits per heavy atom. The van der Waals surface area contributed by atoms with Gasteiger partial charge in [-0.25, -0.2) is 0 Å². The summed E-state index contributed by atoms with van der Waals surface area (Å²) in [6, 6.07) is 3.96. The normalized spacial score (nSPS) is 17.0. The first-order chi connectivity index (χ1) is 17.3. The molecule has 0 amide bonds. The van der Waals surface area contributed by atoms with E-state index < -0.39 is 8.32 Å². The molecule has 2 aromatic carbocycles. The Morgan fingerprint density at radius 1 is 0.973 bits per heavy atom. The molecule has 0 unspecified atom stereocenters. The van der Waals surface area contributed by atoms with E-state index in [1.807, 2.05) is 12.1 Å². The predicted molar refractivity (Wildman–Crippen MR) is 152 cm³/mol. The Labute approximate surface area is 237 Å². The van der Waals surface area contributed by atoms with Gasteiger partial charge in [-0.2, -0.15) is 0 Å². The van der Waals surface area contributed by atoms with E-state index in [-0.39, 0.29) is 42.3 Å². The minimum atomic E-state index is -2.18. The number of phenolic OH excluding ortho intramolecular Hbond substituents is 1. The summed E-state index contributed by atoms with van der Waals surface area (Å²) in [6.45, 7) is 15.9. The van der Waals surface area contributed by atoms with Gasteiger partial charge >= 0.3 is 0 Å². The fraction of sp³-hybridized carbons (Fsp3) is 0.556. The van der Waals surface area contributed by atoms with E-state index in [1.165, 1.54) is 0 Å². The van der Waals surface area contributed by atoms with Crippen LogP contribution in [0.3, 0.4) is 0 Å². The van der Waals surface area contributed by atoms with E-state index in [4.69, 9.17) is 28.1 Å². The number of rotatable bonds is 8. The van der Waals surface area contributed by atoms with Gasteiger partial charge in [0.25, 0.3) is 0 Å². The van der Waals surface area contributed by atoms with Gasteiger partial charge in [-0.3, -0.25) is 0 Å². The molecule has 10 heteroatoms. The molecular formula is C27H36Br2O7Si. The average Bonchev–Trinajstić information content (AvgIpc) is 3.48. The zero-order chi connectivity index (χ0) is 27.3. The van der Waals surface area contributed by atoms with Gasteiger partial charge in [0.15, 0.2) is 31.3 Å². The molecule has 0 saturated heterocycles. The second-order valence-corrected chi connectivity index (χ2v) is 17.7. The van der Waals surface area contributed by atoms with Crippen molar-refractivity contribution < 1.29 is 33.2 Å². The molecule has 0 aliphatic carbocycles. The predicted octanol–water partition coefficient (Wildman–Crippen LogP) is 7.96. The first-order valence-corrected chi connectivity index (χ1v) is 16.9. The van der Waals surface area contributed by atoms with Crippen molar-refractivity contribution in [1.29, 1.82) is 0 Å². The van der Waals surface area contributed by atoms with Crippen LogP contribution in [0, 0.1) is 11.8 Å². The number of methoxy groups -OCH3 is 1. The lowest BCUT2D eigenvalue weighted by atomic mass is 9.83. The third-order valence-electron chi connectivity index (χ3n) is 7.89. The maximum Gasteiger partial charge on any atom is 0.231 e. The minimum absolute atomic E-state index is 0.0211. The summed E-state index contributed by atoms with van der Waals surface area (Å²) in [5, 5.41) is 10.7. The molecule has 0 bridgehead atoms. The summed E-state index contributed by atoms with van der Waals surface area (Å²) < 4.78 is 36.7. The van der Waals surface area contributed by atoms with Crippen molar-refractivity contribution in [3.63, 3.8) is 0 Å². The summed E-state index contributed by atoms with van der Waals surface area (Å²) in [5.41, 5.74) is 1.92. The summed E-state index contributed by atoms with van der Waals surface area (Å²) >= 11 is 7.36. The lowest BCUT2D eigenvalue weighted by Gasteiger charge is -2.42. The standard InChI is InChI=1S/C27H36Br2O7Si/c1-14(9-16-10-18-24(34-12-32-18)22(30)20(16)28)15(2)23(36-37(7,8)27(3,4)5)17-11-19-25(35-13-33-19)26(31-6)21(17)29/h10-11,14-15,23,30H,9,12-13H2,1-8H3/t14-,15-,23-/m0/s1. The number of hydrogen-bond donors (Lipinski definition) is 1. The van der Waals surface area contributed by atoms with Crippen LogP contribution in [0.15, 0.2) is 21.1 Å². The average molecular weight is 660 g/mol. The van der Waals surface area contributed by atoms with Gasteiger partial charge in [-0.15, -0.1) is 0 Å². The number of aromatic hydroxyl groups is 1. The Bertz CT molecular complexity index is 1180. The third-order valence-corrected chi connectivity index (χ3v) is 14.1. The van der Waals surface area contributed by atoms with Crippen molar-refractivity contribution in [3.8, 4) is 34.5 Å². The molecule has 2 aliphatic heterocycles. The van der Waals surface area contributed by atoms with Crippen molar-refractivity contribution in [1.82, 2.24) is 0 Å². The molecule has 0 radical (unpaired) electrons. The lowest BCUT2D eigenvalue weighted by Crippen LogP contribution is -2.43. The van der Waals surface area contributed by atoms with Crippen LogP contribution in [0.4, 0.5) is 0 Å². The highest BCUT2D eigenvalue weighted by molar-refractivity contribution is 9.11. The van der Waals surface area contributed by atoms with Gasteiger partial charge in [0.1, 0.15) is 0 Å². The lowest BCUT2D eigenvalue weighted by molar-refractivity contribution is 0.0950. The Balaban J connectivity index is 1.73. The van der Waals surface area contributed by atoms with Crippen LogP contribution in [0.1, 0.15) is 51.8 Å². The van der Waals surface area contributed by atoms with Crippen LogP contribution < -0.4 is 23.7 Å². The van der Waals surface area contributed by atoms with Crippen molar-refractivity contribution in [2.75, 3.05) is 20.7 Å². The van der Waals surface area contributed by atoms with Crippen LogP contribution >= 0.6 is 31.9 Å². The van der Waals surface area contributed by atoms with Crippen LogP contribution in [0.25, 0.3) is 0 Å². The van der Waals surface area contributed by atoms with Crippen LogP contribution in [0.5, 0.6) is 34.5 Å². The number of phenols is 1. The van der Waals surface area contributed by atoms with Crippen molar-refractivity contribution in [3.05, 3.63) is 32.2 Å². The highest BCUT2D eigenvalue weighted by atomic mass is 79.9. The third kappa shape index (κ3) is 5.31. The Kier molecular flexibility index (Phi) is 8.06. The van der Waals surface area contributed by atoms with E-state index in [9.17, 15) is 5.11 Å². The molecule has 2 aromatic rings. The molecule has 0 saturated carbocycles. The van der Waals surface area contributed by atoms with E-state index >= 15 is 0 Å². The molecule has 37 heavy (non-hydrogen) atoms. The Morgan fingerprint density at radius 2 is 1.57 bits per heavy atom. The van der Waals surface area contributed by atoms with Gasteiger partial charge < -0.3 is 33.2 Å². The van der Waals surface area contributed by atoms with Gasteiger partial charge in [-0.05, 0) is 85.9 Å². The number of benzene rings is 2. The van der Waals surface area contributed by atoms with Crippen LogP contribution in [-0.4, -0.2) is 34.1 Å². The Hall–Kier alpha value is -1.62. The summed E-state index contributed by atoms with van der Waals surface area (Å²) in [6.07, 6.45) is 0.456. The van der Waals surface area contributed by atoms with Gasteiger partial charge in [0.2, 0.25) is 25.1 Å². The molecule has 3 atom stereocenters. The number of ether oxygens (including phenoxy) is 5. The van der Waals surface area contributed by atoms with Crippen LogP contribution in [0.2, 0.25) is 18.1 Å². The molecule has 0 spiro atoms. The number of hydrogen-bond acceptors (Lipinski definition) is 7. The monoisotopic (exact) mass is 658 g/mol. The van der Waals surface area contributed by atoms with Crippen molar-refractivity contribution >= 4 is 40.2 Å². The zero-order valence-electron chi connectivity index (χ0n) is 22.7. The molecule has 0 aromatic heterocycles. The highest BCUT2D eigenvalue weighted by Gasteiger charge is 2.43. The smallest absolute Gasteiger partial charge is 0.231 e. The second kappa shape index (κ2) is 10.5. The molecular weight excluding hydrogens is 624 g/mol. The maximum absolute atomic E-state index is 10.6. The zero-order valence-corrected chi connectivity index (χ0v) is 26.8. The van der Waals surface area contributed by atoms with Gasteiger partial charge in [0.05, 0.1) is 22.2 Å². The molecule has 7 nitrogen and oxygen atoms in total. The maximum atomic E-state index is 10.6. The van der Waals surface area contributed by atoms with E-state index in [1.54, 1.807) is 7.11 Å². The summed E-state index contributed by atoms with van der Waals surface area (Å²) in [7, 11) is -0.551. The van der Waals surface area contributed by atoms with Gasteiger partial charge in [-0.1, -0.05) is 34.6 Å². The first-order valence-electron chi connectivity index (χ1n) is 12.4. The van der Waals surface area contributed by atoms with Crippen molar-refractivity contribution in [2.24, 2.45) is 11.8 Å². The first kappa shape index (κ1) is 28.4. The number of fused-ring (bicyclic) bond motifs is 2. The fourth-order valence-corrected chi connectivity index (χ4v) is 6.85. The molecule has 0 fully saturated rings. The molecule has 4 rings (SSSR count). The highest BCUT2D eigenvalue weighted by Crippen LogP contribution is 2.53. The second-order valence-electron chi connectivity index (χ2n) is 11.3. The molecule has 2 aliphatic rings. The van der Waals surface area contributed by atoms with E-state index in [2.05, 4.69) is 79.6 Å². The topological polar surface area (TPSA) is 75.6 Å². The van der Waals surface area contributed by atoms with Gasteiger partial charge in [0, 0.05) is 5.56 Å². The summed E-state index contributed by atoms with van der Waals surface area (Å²) in [4.78, 5) is 0. The van der Waals surface area contributed by atoms with E-state index in [0.717, 1.165) is 15.6 Å². The molecule has 1 N–H and O–H groups in total.